The third kappa shape index (κ3) is 5.50. The van der Waals surface area contributed by atoms with Crippen LogP contribution in [-0.2, 0) is 26.8 Å². The molecule has 194 valence electrons. The van der Waals surface area contributed by atoms with Crippen molar-refractivity contribution in [3.63, 3.8) is 0 Å². The number of hydrogen-bond acceptors (Lipinski definition) is 8. The highest BCUT2D eigenvalue weighted by molar-refractivity contribution is 7.90. The van der Waals surface area contributed by atoms with Crippen molar-refractivity contribution >= 4 is 15.9 Å². The minimum atomic E-state index is -4.08. The van der Waals surface area contributed by atoms with Crippen molar-refractivity contribution in [3.05, 3.63) is 65.0 Å². The second-order valence-corrected chi connectivity index (χ2v) is 11.2. The fraction of sp³-hybridized carbons (Fsp3) is 0.385. The van der Waals surface area contributed by atoms with E-state index in [4.69, 9.17) is 9.26 Å². The zero-order valence-corrected chi connectivity index (χ0v) is 22.0. The number of sulfonamides is 1. The summed E-state index contributed by atoms with van der Waals surface area (Å²) in [4.78, 5) is 18.1. The van der Waals surface area contributed by atoms with Crippen LogP contribution in [0.25, 0.3) is 11.5 Å². The summed E-state index contributed by atoms with van der Waals surface area (Å²) in [5.41, 5.74) is 1.17. The third-order valence-corrected chi connectivity index (χ3v) is 7.42. The van der Waals surface area contributed by atoms with Crippen molar-refractivity contribution < 1.29 is 22.5 Å². The van der Waals surface area contributed by atoms with Gasteiger partial charge in [-0.3, -0.25) is 4.79 Å². The topological polar surface area (TPSA) is 138 Å². The van der Waals surface area contributed by atoms with E-state index in [0.717, 1.165) is 12.0 Å². The molecule has 0 radical (unpaired) electrons. The number of carbonyl (C=O) groups is 1. The average Bonchev–Trinajstić information content (AvgIpc) is 3.34. The first-order valence-electron chi connectivity index (χ1n) is 11.9. The fourth-order valence-electron chi connectivity index (χ4n) is 4.43. The molecule has 3 aromatic rings. The quantitative estimate of drug-likeness (QED) is 0.475. The molecule has 0 fully saturated rings. The van der Waals surface area contributed by atoms with Gasteiger partial charge in [0, 0.05) is 19.7 Å². The first kappa shape index (κ1) is 26.3. The van der Waals surface area contributed by atoms with Crippen LogP contribution in [0, 0.1) is 11.3 Å². The first-order valence-corrected chi connectivity index (χ1v) is 13.6. The van der Waals surface area contributed by atoms with E-state index in [9.17, 15) is 18.5 Å². The number of carbonyl (C=O) groups excluding carboxylic acids is 1. The average molecular weight is 524 g/mol. The second-order valence-electron chi connectivity index (χ2n) is 9.48. The van der Waals surface area contributed by atoms with Crippen molar-refractivity contribution in [2.75, 3.05) is 19.8 Å². The van der Waals surface area contributed by atoms with Crippen LogP contribution < -0.4 is 9.46 Å². The van der Waals surface area contributed by atoms with Gasteiger partial charge in [-0.2, -0.15) is 15.0 Å². The summed E-state index contributed by atoms with van der Waals surface area (Å²) in [5.74, 6) is -0.548. The summed E-state index contributed by atoms with van der Waals surface area (Å²) in [6.07, 6.45) is 1.71. The Morgan fingerprint density at radius 2 is 2.03 bits per heavy atom. The zero-order chi connectivity index (χ0) is 26.8. The van der Waals surface area contributed by atoms with Gasteiger partial charge in [0.25, 0.3) is 5.89 Å². The van der Waals surface area contributed by atoms with Gasteiger partial charge < -0.3 is 14.2 Å². The van der Waals surface area contributed by atoms with E-state index >= 15 is 0 Å². The molecule has 1 aromatic heterocycles. The normalized spacial score (nSPS) is 17.2. The van der Waals surface area contributed by atoms with Gasteiger partial charge in [-0.1, -0.05) is 29.4 Å². The number of nitrogens with zero attached hydrogens (tertiary/aromatic N) is 4. The van der Waals surface area contributed by atoms with E-state index in [1.807, 2.05) is 38.1 Å². The van der Waals surface area contributed by atoms with E-state index in [0.29, 0.717) is 35.3 Å². The maximum Gasteiger partial charge on any atom is 0.258 e. The summed E-state index contributed by atoms with van der Waals surface area (Å²) < 4.78 is 40.4. The molecule has 10 nitrogen and oxygen atoms in total. The maximum atomic E-state index is 13.2. The Hall–Kier alpha value is -3.75. The lowest BCUT2D eigenvalue weighted by atomic mass is 9.76. The van der Waals surface area contributed by atoms with Gasteiger partial charge in [-0.25, -0.2) is 8.42 Å². The molecule has 0 bridgehead atoms. The van der Waals surface area contributed by atoms with Crippen molar-refractivity contribution in [2.45, 2.75) is 44.8 Å². The first-order chi connectivity index (χ1) is 17.5. The molecule has 0 saturated heterocycles. The Balaban J connectivity index is 1.78. The molecule has 1 N–H and O–H groups in total. The Kier molecular flexibility index (Phi) is 7.34. The molecule has 4 rings (SSSR count). The molecular weight excluding hydrogens is 494 g/mol. The summed E-state index contributed by atoms with van der Waals surface area (Å²) in [6, 6.07) is 14.6. The molecule has 1 aliphatic carbocycles. The summed E-state index contributed by atoms with van der Waals surface area (Å²) >= 11 is 0. The molecule has 0 unspecified atom stereocenters. The van der Waals surface area contributed by atoms with Gasteiger partial charge in [0.2, 0.25) is 15.9 Å². The Labute approximate surface area is 216 Å². The summed E-state index contributed by atoms with van der Waals surface area (Å²) in [7, 11) is -1.08. The monoisotopic (exact) mass is 523 g/mol. The van der Waals surface area contributed by atoms with Crippen LogP contribution in [0.2, 0.25) is 0 Å². The molecule has 0 saturated carbocycles. The van der Waals surface area contributed by atoms with Gasteiger partial charge >= 0.3 is 0 Å². The molecule has 1 heterocycles. The van der Waals surface area contributed by atoms with E-state index in [-0.39, 0.29) is 17.8 Å². The molecule has 1 aliphatic rings. The van der Waals surface area contributed by atoms with Crippen LogP contribution in [0.4, 0.5) is 0 Å². The van der Waals surface area contributed by atoms with Gasteiger partial charge in [-0.15, -0.1) is 0 Å². The predicted octanol–water partition coefficient (Wildman–Crippen LogP) is 2.98. The van der Waals surface area contributed by atoms with Gasteiger partial charge in [-0.05, 0) is 62.4 Å². The number of nitrogens with one attached hydrogen (secondary N) is 1. The van der Waals surface area contributed by atoms with Crippen LogP contribution in [0.15, 0.2) is 47.0 Å². The Bertz CT molecular complexity index is 1460. The summed E-state index contributed by atoms with van der Waals surface area (Å²) in [6.45, 7) is 3.74. The molecular formula is C26H29N5O5S. The molecule has 1 amide bonds. The Morgan fingerprint density at radius 1 is 1.27 bits per heavy atom. The molecule has 37 heavy (non-hydrogen) atoms. The number of hydrogen-bond donors (Lipinski definition) is 1. The molecule has 0 aliphatic heterocycles. The highest BCUT2D eigenvalue weighted by Crippen LogP contribution is 2.41. The van der Waals surface area contributed by atoms with Crippen molar-refractivity contribution in [2.24, 2.45) is 0 Å². The van der Waals surface area contributed by atoms with Crippen LogP contribution in [0.3, 0.4) is 0 Å². The number of rotatable bonds is 8. The van der Waals surface area contributed by atoms with E-state index < -0.39 is 27.2 Å². The molecule has 11 heteroatoms. The number of fused-ring (bicyclic) bond motifs is 1. The largest absolute Gasteiger partial charge is 0.490 e. The highest BCUT2D eigenvalue weighted by atomic mass is 32.2. The van der Waals surface area contributed by atoms with Gasteiger partial charge in [0.1, 0.15) is 23.1 Å². The van der Waals surface area contributed by atoms with E-state index in [2.05, 4.69) is 20.9 Å². The SMILES string of the molecule is CC(C)Oc1ccc(-c2nc([C@@]3(NS(=O)(=O)CC(=O)N(C)C)CCCc4ccccc43)no2)cc1C#N. The number of benzene rings is 2. The van der Waals surface area contributed by atoms with Crippen molar-refractivity contribution in [1.82, 2.24) is 19.8 Å². The molecule has 0 spiro atoms. The van der Waals surface area contributed by atoms with Crippen LogP contribution in [0.1, 0.15) is 49.2 Å². The van der Waals surface area contributed by atoms with E-state index in [1.54, 1.807) is 18.2 Å². The number of amides is 1. The number of aromatic nitrogens is 2. The van der Waals surface area contributed by atoms with Crippen LogP contribution >= 0.6 is 0 Å². The van der Waals surface area contributed by atoms with Crippen molar-refractivity contribution in [1.29, 1.82) is 5.26 Å². The second kappa shape index (κ2) is 10.3. The van der Waals surface area contributed by atoms with Gasteiger partial charge in [0.15, 0.2) is 5.82 Å². The zero-order valence-electron chi connectivity index (χ0n) is 21.2. The minimum absolute atomic E-state index is 0.105. The van der Waals surface area contributed by atoms with Crippen LogP contribution in [0.5, 0.6) is 5.75 Å². The smallest absolute Gasteiger partial charge is 0.258 e. The maximum absolute atomic E-state index is 13.2. The lowest BCUT2D eigenvalue weighted by Crippen LogP contribution is -2.51. The molecule has 2 aromatic carbocycles. The highest BCUT2D eigenvalue weighted by Gasteiger charge is 2.45. The number of aryl methyl sites for hydroxylation is 1. The lowest BCUT2D eigenvalue weighted by molar-refractivity contribution is -0.126. The Morgan fingerprint density at radius 3 is 2.73 bits per heavy atom. The summed E-state index contributed by atoms with van der Waals surface area (Å²) in [5, 5.41) is 13.8. The van der Waals surface area contributed by atoms with Crippen molar-refractivity contribution in [3.8, 4) is 23.3 Å². The standard InChI is InChI=1S/C26H29N5O5S/c1-17(2)35-22-12-11-19(14-20(22)15-27)24-28-25(29-36-24)26(30-37(33,34)16-23(32)31(3)4)13-7-9-18-8-5-6-10-21(18)26/h5-6,8,10-12,14,17,30H,7,9,13,16H2,1-4H3/t26-/m1/s1. The van der Waals surface area contributed by atoms with Crippen LogP contribution in [-0.4, -0.2) is 55.3 Å². The van der Waals surface area contributed by atoms with Gasteiger partial charge in [0.05, 0.1) is 11.7 Å². The minimum Gasteiger partial charge on any atom is -0.490 e. The number of nitriles is 1. The fourth-order valence-corrected chi connectivity index (χ4v) is 5.92. The van der Waals surface area contributed by atoms with E-state index in [1.165, 1.54) is 19.0 Å². The predicted molar refractivity (Wildman–Crippen MR) is 136 cm³/mol. The third-order valence-electron chi connectivity index (χ3n) is 6.13. The number of ether oxygens (including phenoxy) is 1. The lowest BCUT2D eigenvalue weighted by Gasteiger charge is -2.37. The molecule has 1 atom stereocenters.